The molecule has 0 bridgehead atoms. The van der Waals surface area contributed by atoms with E-state index in [1.165, 1.54) is 23.9 Å². The number of hydrogen-bond donors (Lipinski definition) is 2. The van der Waals surface area contributed by atoms with Crippen molar-refractivity contribution in [2.75, 3.05) is 0 Å². The number of pyridine rings is 1. The first-order valence-corrected chi connectivity index (χ1v) is 8.48. The van der Waals surface area contributed by atoms with Gasteiger partial charge in [-0.05, 0) is 31.4 Å². The third-order valence-electron chi connectivity index (χ3n) is 2.98. The zero-order valence-electron chi connectivity index (χ0n) is 11.4. The lowest BCUT2D eigenvalue weighted by Gasteiger charge is -2.23. The fraction of sp³-hybridized carbons (Fsp3) is 0.250. The van der Waals surface area contributed by atoms with Gasteiger partial charge >= 0.3 is 0 Å². The van der Waals surface area contributed by atoms with Gasteiger partial charge in [-0.1, -0.05) is 0 Å². The Morgan fingerprint density at radius 3 is 2.86 bits per heavy atom. The number of aromatic nitrogens is 4. The Hall–Kier alpha value is -1.84. The Kier molecular flexibility index (Phi) is 3.27. The number of nitrogens with one attached hydrogen (secondary N) is 2. The van der Waals surface area contributed by atoms with Gasteiger partial charge in [-0.3, -0.25) is 10.1 Å². The molecule has 3 aromatic heterocycles. The smallest absolute Gasteiger partial charge is 0.243 e. The van der Waals surface area contributed by atoms with Crippen LogP contribution >= 0.6 is 11.3 Å². The number of aromatic amines is 1. The molecule has 0 amide bonds. The van der Waals surface area contributed by atoms with Crippen molar-refractivity contribution in [1.82, 2.24) is 24.9 Å². The highest BCUT2D eigenvalue weighted by Crippen LogP contribution is 2.24. The molecule has 3 aromatic rings. The van der Waals surface area contributed by atoms with E-state index in [1.807, 2.05) is 11.4 Å². The number of rotatable bonds is 4. The highest BCUT2D eigenvalue weighted by atomic mass is 32.2. The van der Waals surface area contributed by atoms with Crippen LogP contribution in [0, 0.1) is 0 Å². The lowest BCUT2D eigenvalue weighted by molar-refractivity contribution is 0.447. The first-order chi connectivity index (χ1) is 9.88. The topological polar surface area (TPSA) is 101 Å². The fourth-order valence-electron chi connectivity index (χ4n) is 1.93. The van der Waals surface area contributed by atoms with Crippen molar-refractivity contribution in [3.05, 3.63) is 35.9 Å². The van der Waals surface area contributed by atoms with Gasteiger partial charge in [0, 0.05) is 6.20 Å². The van der Waals surface area contributed by atoms with Crippen LogP contribution in [0.3, 0.4) is 0 Å². The van der Waals surface area contributed by atoms with Crippen LogP contribution in [0.5, 0.6) is 0 Å². The molecule has 0 unspecified atom stereocenters. The summed E-state index contributed by atoms with van der Waals surface area (Å²) in [5, 5.41) is 8.29. The quantitative estimate of drug-likeness (QED) is 0.760. The van der Waals surface area contributed by atoms with E-state index in [0.29, 0.717) is 5.82 Å². The van der Waals surface area contributed by atoms with E-state index >= 15 is 0 Å². The Bertz CT molecular complexity index is 868. The van der Waals surface area contributed by atoms with Crippen LogP contribution in [0.2, 0.25) is 0 Å². The SMILES string of the molecule is CC(C)(NS(=O)(=O)c1cnc2ccsc2c1)c1ncn[nH]1. The molecule has 0 aliphatic heterocycles. The molecule has 0 radical (unpaired) electrons. The van der Waals surface area contributed by atoms with Gasteiger partial charge in [0.15, 0.2) is 0 Å². The minimum absolute atomic E-state index is 0.130. The highest BCUT2D eigenvalue weighted by Gasteiger charge is 2.30. The monoisotopic (exact) mass is 323 g/mol. The lowest BCUT2D eigenvalue weighted by Crippen LogP contribution is -2.41. The van der Waals surface area contributed by atoms with Crippen LogP contribution in [0.25, 0.3) is 10.2 Å². The molecule has 3 heterocycles. The van der Waals surface area contributed by atoms with Crippen LogP contribution in [-0.4, -0.2) is 28.6 Å². The summed E-state index contributed by atoms with van der Waals surface area (Å²) in [6, 6.07) is 3.47. The maximum absolute atomic E-state index is 12.5. The second kappa shape index (κ2) is 4.86. The average molecular weight is 323 g/mol. The molecule has 0 aromatic carbocycles. The number of sulfonamides is 1. The Morgan fingerprint density at radius 1 is 1.33 bits per heavy atom. The van der Waals surface area contributed by atoms with E-state index < -0.39 is 15.6 Å². The standard InChI is InChI=1S/C12H13N5O2S2/c1-12(2,11-14-7-15-16-11)17-21(18,19)8-5-10-9(13-6-8)3-4-20-10/h3-7,17H,1-2H3,(H,14,15,16). The predicted octanol–water partition coefficient (Wildman–Crippen LogP) is 1.63. The maximum Gasteiger partial charge on any atom is 0.243 e. The van der Waals surface area contributed by atoms with Gasteiger partial charge in [0.25, 0.3) is 0 Å². The van der Waals surface area contributed by atoms with Gasteiger partial charge in [-0.25, -0.2) is 13.4 Å². The summed E-state index contributed by atoms with van der Waals surface area (Å²) in [5.74, 6) is 0.441. The normalized spacial score (nSPS) is 12.9. The zero-order valence-corrected chi connectivity index (χ0v) is 13.0. The first kappa shape index (κ1) is 14.1. The van der Waals surface area contributed by atoms with E-state index in [0.717, 1.165) is 10.2 Å². The van der Waals surface area contributed by atoms with Crippen molar-refractivity contribution in [3.63, 3.8) is 0 Å². The Labute approximate surface area is 125 Å². The van der Waals surface area contributed by atoms with Crippen molar-refractivity contribution in [3.8, 4) is 0 Å². The third kappa shape index (κ3) is 2.67. The second-order valence-electron chi connectivity index (χ2n) is 5.04. The third-order valence-corrected chi connectivity index (χ3v) is 5.46. The van der Waals surface area contributed by atoms with Crippen LogP contribution in [0.1, 0.15) is 19.7 Å². The van der Waals surface area contributed by atoms with Crippen LogP contribution in [0.4, 0.5) is 0 Å². The summed E-state index contributed by atoms with van der Waals surface area (Å²) in [6.07, 6.45) is 2.69. The Morgan fingerprint density at radius 2 is 2.14 bits per heavy atom. The molecule has 21 heavy (non-hydrogen) atoms. The minimum Gasteiger partial charge on any atom is -0.262 e. The first-order valence-electron chi connectivity index (χ1n) is 6.11. The molecule has 0 atom stereocenters. The van der Waals surface area contributed by atoms with E-state index in [4.69, 9.17) is 0 Å². The van der Waals surface area contributed by atoms with Crippen molar-refractivity contribution < 1.29 is 8.42 Å². The van der Waals surface area contributed by atoms with Gasteiger partial charge in [-0.2, -0.15) is 9.82 Å². The summed E-state index contributed by atoms with van der Waals surface area (Å²) in [4.78, 5) is 8.29. The summed E-state index contributed by atoms with van der Waals surface area (Å²) in [6.45, 7) is 3.42. The summed E-state index contributed by atoms with van der Waals surface area (Å²) in [5.41, 5.74) is -0.117. The van der Waals surface area contributed by atoms with Gasteiger partial charge < -0.3 is 0 Å². The average Bonchev–Trinajstić information content (AvgIpc) is 3.08. The van der Waals surface area contributed by atoms with Gasteiger partial charge in [0.05, 0.1) is 15.8 Å². The number of fused-ring (bicyclic) bond motifs is 1. The predicted molar refractivity (Wildman–Crippen MR) is 79.4 cm³/mol. The lowest BCUT2D eigenvalue weighted by atomic mass is 10.1. The maximum atomic E-state index is 12.5. The van der Waals surface area contributed by atoms with Crippen molar-refractivity contribution in [2.45, 2.75) is 24.3 Å². The van der Waals surface area contributed by atoms with Crippen molar-refractivity contribution in [2.24, 2.45) is 0 Å². The van der Waals surface area contributed by atoms with Crippen molar-refractivity contribution >= 4 is 31.6 Å². The number of nitrogens with zero attached hydrogens (tertiary/aromatic N) is 3. The molecular formula is C12H13N5O2S2. The number of thiophene rings is 1. The van der Waals surface area contributed by atoms with E-state index in [1.54, 1.807) is 19.9 Å². The van der Waals surface area contributed by atoms with Crippen LogP contribution < -0.4 is 4.72 Å². The second-order valence-corrected chi connectivity index (χ2v) is 7.67. The van der Waals surface area contributed by atoms with E-state index in [2.05, 4.69) is 24.9 Å². The molecule has 0 spiro atoms. The molecule has 0 saturated carbocycles. The molecule has 0 saturated heterocycles. The minimum atomic E-state index is -3.71. The summed E-state index contributed by atoms with van der Waals surface area (Å²) < 4.78 is 28.4. The van der Waals surface area contributed by atoms with Gasteiger partial charge in [-0.15, -0.1) is 11.3 Å². The molecule has 2 N–H and O–H groups in total. The summed E-state index contributed by atoms with van der Waals surface area (Å²) >= 11 is 1.45. The molecule has 0 fully saturated rings. The van der Waals surface area contributed by atoms with Gasteiger partial charge in [0.2, 0.25) is 10.0 Å². The molecular weight excluding hydrogens is 310 g/mol. The zero-order chi connectivity index (χ0) is 15.1. The highest BCUT2D eigenvalue weighted by molar-refractivity contribution is 7.89. The molecule has 9 heteroatoms. The Balaban J connectivity index is 1.96. The van der Waals surface area contributed by atoms with Crippen molar-refractivity contribution in [1.29, 1.82) is 0 Å². The molecule has 0 aliphatic rings. The molecule has 7 nitrogen and oxygen atoms in total. The number of hydrogen-bond acceptors (Lipinski definition) is 6. The van der Waals surface area contributed by atoms with E-state index in [9.17, 15) is 8.42 Å². The largest absolute Gasteiger partial charge is 0.262 e. The number of H-pyrrole nitrogens is 1. The van der Waals surface area contributed by atoms with Crippen LogP contribution in [0.15, 0.2) is 34.9 Å². The van der Waals surface area contributed by atoms with Crippen LogP contribution in [-0.2, 0) is 15.6 Å². The molecule has 0 aliphatic carbocycles. The fourth-order valence-corrected chi connectivity index (χ4v) is 4.13. The molecule has 110 valence electrons. The molecule has 3 rings (SSSR count). The van der Waals surface area contributed by atoms with Gasteiger partial charge in [0.1, 0.15) is 17.0 Å². The summed E-state index contributed by atoms with van der Waals surface area (Å²) in [7, 11) is -3.71. The van der Waals surface area contributed by atoms with E-state index in [-0.39, 0.29) is 4.90 Å².